The molecule has 0 saturated carbocycles. The summed E-state index contributed by atoms with van der Waals surface area (Å²) in [5, 5.41) is 12.7. The second kappa shape index (κ2) is 6.29. The first-order valence-corrected chi connectivity index (χ1v) is 8.08. The van der Waals surface area contributed by atoms with Crippen LogP contribution in [-0.4, -0.2) is 17.4 Å². The summed E-state index contributed by atoms with van der Waals surface area (Å²) >= 11 is 0. The molecule has 0 spiro atoms. The number of esters is 1. The Morgan fingerprint density at radius 3 is 2.54 bits per heavy atom. The minimum absolute atomic E-state index is 0.232. The van der Waals surface area contributed by atoms with Crippen molar-refractivity contribution < 1.29 is 19.4 Å². The van der Waals surface area contributed by atoms with Gasteiger partial charge in [-0.25, -0.2) is 4.79 Å². The van der Waals surface area contributed by atoms with Crippen LogP contribution in [0.4, 0.5) is 0 Å². The van der Waals surface area contributed by atoms with Crippen molar-refractivity contribution in [2.75, 3.05) is 0 Å². The zero-order valence-electron chi connectivity index (χ0n) is 14.2. The van der Waals surface area contributed by atoms with Crippen LogP contribution in [0.2, 0.25) is 0 Å². The van der Waals surface area contributed by atoms with Gasteiger partial charge < -0.3 is 14.6 Å². The third-order valence-electron chi connectivity index (χ3n) is 4.04. The van der Waals surface area contributed by atoms with E-state index in [1.807, 2.05) is 63.2 Å². The first kappa shape index (κ1) is 16.5. The van der Waals surface area contributed by atoms with Crippen LogP contribution in [0.5, 0.6) is 0 Å². The van der Waals surface area contributed by atoms with Crippen molar-refractivity contribution in [3.8, 4) is 0 Å². The molecule has 1 aliphatic rings. The first-order valence-electron chi connectivity index (χ1n) is 8.08. The number of carbonyl (C=O) groups is 1. The quantitative estimate of drug-likeness (QED) is 0.863. The van der Waals surface area contributed by atoms with Gasteiger partial charge >= 0.3 is 5.97 Å². The number of ether oxygens (including phenoxy) is 2. The number of aliphatic hydroxyl groups excluding tert-OH is 1. The molecular formula is C20H22O4. The molecule has 0 aliphatic carbocycles. The Morgan fingerprint density at radius 1 is 1.08 bits per heavy atom. The molecule has 0 bridgehead atoms. The molecule has 1 aliphatic heterocycles. The molecule has 2 aromatic carbocycles. The fourth-order valence-corrected chi connectivity index (χ4v) is 2.77. The van der Waals surface area contributed by atoms with Gasteiger partial charge in [-0.15, -0.1) is 0 Å². The summed E-state index contributed by atoms with van der Waals surface area (Å²) in [5.41, 5.74) is 0.489. The second-order valence-corrected chi connectivity index (χ2v) is 7.15. The summed E-state index contributed by atoms with van der Waals surface area (Å²) in [5.74, 6) is 0.0212. The van der Waals surface area contributed by atoms with Gasteiger partial charge in [0, 0.05) is 11.8 Å². The standard InChI is InChI=1S/C20H22O4/c1-20(2,3)19-23-14(12-18(22)24-19)11-17(21)16-10-6-8-13-7-4-5-9-15(13)16/h4-10,12,17,19,21H,11H2,1-3H3. The normalized spacial score (nSPS) is 19.4. The summed E-state index contributed by atoms with van der Waals surface area (Å²) < 4.78 is 11.0. The summed E-state index contributed by atoms with van der Waals surface area (Å²) in [7, 11) is 0. The van der Waals surface area contributed by atoms with Crippen LogP contribution in [0.1, 0.15) is 38.9 Å². The molecular weight excluding hydrogens is 304 g/mol. The molecule has 24 heavy (non-hydrogen) atoms. The van der Waals surface area contributed by atoms with Gasteiger partial charge in [-0.2, -0.15) is 0 Å². The fourth-order valence-electron chi connectivity index (χ4n) is 2.77. The average molecular weight is 326 g/mol. The Hall–Kier alpha value is -2.33. The maximum atomic E-state index is 11.8. The highest BCUT2D eigenvalue weighted by Gasteiger charge is 2.34. The third kappa shape index (κ3) is 3.44. The van der Waals surface area contributed by atoms with E-state index < -0.39 is 18.4 Å². The van der Waals surface area contributed by atoms with Crippen LogP contribution in [0.3, 0.4) is 0 Å². The Morgan fingerprint density at radius 2 is 1.79 bits per heavy atom. The largest absolute Gasteiger partial charge is 0.458 e. The molecule has 0 aromatic heterocycles. The van der Waals surface area contributed by atoms with Crippen LogP contribution in [0, 0.1) is 5.41 Å². The summed E-state index contributed by atoms with van der Waals surface area (Å²) in [6.07, 6.45) is 0.144. The van der Waals surface area contributed by atoms with Gasteiger partial charge in [-0.1, -0.05) is 63.2 Å². The number of hydrogen-bond acceptors (Lipinski definition) is 4. The zero-order chi connectivity index (χ0) is 17.3. The van der Waals surface area contributed by atoms with Crippen molar-refractivity contribution in [1.29, 1.82) is 0 Å². The van der Waals surface area contributed by atoms with E-state index in [1.54, 1.807) is 0 Å². The van der Waals surface area contributed by atoms with E-state index in [-0.39, 0.29) is 11.8 Å². The van der Waals surface area contributed by atoms with E-state index in [0.29, 0.717) is 5.76 Å². The van der Waals surface area contributed by atoms with Crippen molar-refractivity contribution >= 4 is 16.7 Å². The van der Waals surface area contributed by atoms with Crippen LogP contribution in [0.15, 0.2) is 54.3 Å². The zero-order valence-corrected chi connectivity index (χ0v) is 14.2. The molecule has 1 N–H and O–H groups in total. The highest BCUT2D eigenvalue weighted by molar-refractivity contribution is 5.86. The van der Waals surface area contributed by atoms with Crippen LogP contribution in [0.25, 0.3) is 10.8 Å². The Labute approximate surface area is 141 Å². The van der Waals surface area contributed by atoms with E-state index in [1.165, 1.54) is 6.08 Å². The highest BCUT2D eigenvalue weighted by atomic mass is 16.7. The maximum Gasteiger partial charge on any atom is 0.337 e. The van der Waals surface area contributed by atoms with Crippen molar-refractivity contribution in [3.05, 3.63) is 59.9 Å². The molecule has 0 saturated heterocycles. The number of aliphatic hydroxyl groups is 1. The molecule has 2 atom stereocenters. The SMILES string of the molecule is CC(C)(C)C1OC(=O)C=C(CC(O)c2cccc3ccccc23)O1. The number of rotatable bonds is 3. The summed E-state index contributed by atoms with van der Waals surface area (Å²) in [4.78, 5) is 11.8. The van der Waals surface area contributed by atoms with Gasteiger partial charge in [0.2, 0.25) is 6.29 Å². The van der Waals surface area contributed by atoms with Gasteiger partial charge in [0.15, 0.2) is 0 Å². The minimum atomic E-state index is -0.756. The van der Waals surface area contributed by atoms with E-state index in [2.05, 4.69) is 0 Å². The number of fused-ring (bicyclic) bond motifs is 1. The van der Waals surface area contributed by atoms with Crippen molar-refractivity contribution in [3.63, 3.8) is 0 Å². The Kier molecular flexibility index (Phi) is 4.33. The molecule has 4 nitrogen and oxygen atoms in total. The monoisotopic (exact) mass is 326 g/mol. The predicted octanol–water partition coefficient (Wildman–Crippen LogP) is 4.09. The lowest BCUT2D eigenvalue weighted by Crippen LogP contribution is -2.36. The first-order chi connectivity index (χ1) is 11.3. The Balaban J connectivity index is 1.83. The predicted molar refractivity (Wildman–Crippen MR) is 92.0 cm³/mol. The van der Waals surface area contributed by atoms with E-state index in [9.17, 15) is 9.90 Å². The molecule has 1 heterocycles. The average Bonchev–Trinajstić information content (AvgIpc) is 2.53. The lowest BCUT2D eigenvalue weighted by molar-refractivity contribution is -0.196. The molecule has 0 fully saturated rings. The summed E-state index contributed by atoms with van der Waals surface area (Å²) in [6, 6.07) is 13.7. The minimum Gasteiger partial charge on any atom is -0.458 e. The maximum absolute atomic E-state index is 11.8. The second-order valence-electron chi connectivity index (χ2n) is 7.15. The van der Waals surface area contributed by atoms with Gasteiger partial charge in [-0.3, -0.25) is 0 Å². The highest BCUT2D eigenvalue weighted by Crippen LogP contribution is 2.33. The number of cyclic esters (lactones) is 1. The van der Waals surface area contributed by atoms with E-state index >= 15 is 0 Å². The lowest BCUT2D eigenvalue weighted by Gasteiger charge is -2.33. The molecule has 126 valence electrons. The van der Waals surface area contributed by atoms with Gasteiger partial charge in [0.25, 0.3) is 0 Å². The molecule has 0 radical (unpaired) electrons. The van der Waals surface area contributed by atoms with E-state index in [4.69, 9.17) is 9.47 Å². The number of carbonyl (C=O) groups excluding carboxylic acids is 1. The smallest absolute Gasteiger partial charge is 0.337 e. The third-order valence-corrected chi connectivity index (χ3v) is 4.04. The number of benzene rings is 2. The van der Waals surface area contributed by atoms with Crippen LogP contribution in [-0.2, 0) is 14.3 Å². The fraction of sp³-hybridized carbons (Fsp3) is 0.350. The molecule has 4 heteroatoms. The van der Waals surface area contributed by atoms with Crippen LogP contribution < -0.4 is 0 Å². The lowest BCUT2D eigenvalue weighted by atomic mass is 9.95. The van der Waals surface area contributed by atoms with Crippen molar-refractivity contribution in [2.24, 2.45) is 5.41 Å². The molecule has 2 unspecified atom stereocenters. The van der Waals surface area contributed by atoms with Crippen LogP contribution >= 0.6 is 0 Å². The van der Waals surface area contributed by atoms with E-state index in [0.717, 1.165) is 16.3 Å². The van der Waals surface area contributed by atoms with Crippen molar-refractivity contribution in [2.45, 2.75) is 39.6 Å². The molecule has 2 aromatic rings. The van der Waals surface area contributed by atoms with Gasteiger partial charge in [0.1, 0.15) is 5.76 Å². The topological polar surface area (TPSA) is 55.8 Å². The molecule has 0 amide bonds. The Bertz CT molecular complexity index is 780. The number of hydrogen-bond donors (Lipinski definition) is 1. The van der Waals surface area contributed by atoms with Crippen molar-refractivity contribution in [1.82, 2.24) is 0 Å². The molecule has 3 rings (SSSR count). The summed E-state index contributed by atoms with van der Waals surface area (Å²) in [6.45, 7) is 5.82. The van der Waals surface area contributed by atoms with Gasteiger partial charge in [-0.05, 0) is 16.3 Å². The van der Waals surface area contributed by atoms with Gasteiger partial charge in [0.05, 0.1) is 12.2 Å².